The van der Waals surface area contributed by atoms with Crippen LogP contribution in [0, 0.1) is 22.9 Å². The van der Waals surface area contributed by atoms with Gasteiger partial charge in [-0.15, -0.1) is 0 Å². The van der Waals surface area contributed by atoms with Gasteiger partial charge in [-0.3, -0.25) is 4.79 Å². The molecule has 1 heterocycles. The van der Waals surface area contributed by atoms with E-state index in [0.717, 1.165) is 11.3 Å². The van der Waals surface area contributed by atoms with Crippen LogP contribution in [0.4, 0.5) is 0 Å². The third-order valence-corrected chi connectivity index (χ3v) is 3.83. The van der Waals surface area contributed by atoms with Gasteiger partial charge in [-0.1, -0.05) is 24.4 Å². The predicted molar refractivity (Wildman–Crippen MR) is 94.6 cm³/mol. The molecular weight excluding hydrogens is 322 g/mol. The van der Waals surface area contributed by atoms with Crippen LogP contribution in [-0.4, -0.2) is 29.9 Å². The minimum Gasteiger partial charge on any atom is -0.456 e. The second kappa shape index (κ2) is 7.75. The highest BCUT2D eigenvalue weighted by Gasteiger charge is 2.09. The van der Waals surface area contributed by atoms with Crippen molar-refractivity contribution in [1.29, 1.82) is 5.26 Å². The summed E-state index contributed by atoms with van der Waals surface area (Å²) in [5, 5.41) is 9.23. The van der Waals surface area contributed by atoms with Crippen LogP contribution in [0.1, 0.15) is 23.2 Å². The molecule has 0 bridgehead atoms. The van der Waals surface area contributed by atoms with Gasteiger partial charge in [-0.05, 0) is 31.0 Å². The highest BCUT2D eigenvalue weighted by Crippen LogP contribution is 2.26. The number of hydrogen-bond donors (Lipinski definition) is 1. The summed E-state index contributed by atoms with van der Waals surface area (Å²) in [7, 11) is 3.50. The number of nitrogens with zero attached hydrogens (tertiary/aromatic N) is 2. The van der Waals surface area contributed by atoms with Crippen LogP contribution in [0.2, 0.25) is 0 Å². The molecule has 6 heteroatoms. The number of aromatic amines is 1. The van der Waals surface area contributed by atoms with E-state index in [1.807, 2.05) is 31.2 Å². The Morgan fingerprint density at radius 3 is 2.58 bits per heavy atom. The van der Waals surface area contributed by atoms with Gasteiger partial charge in [0.15, 0.2) is 0 Å². The highest BCUT2D eigenvalue weighted by molar-refractivity contribution is 7.71. The topological polar surface area (TPSA) is 69.1 Å². The SMILES string of the molecule is Cc1cc(Oc2ccc(CCC(=O)N(C)C)cc2)c(C#N)c(=S)[nH]1. The Bertz CT molecular complexity index is 833. The Labute approximate surface area is 146 Å². The third-order valence-electron chi connectivity index (χ3n) is 3.52. The molecular formula is C18H19N3O2S. The molecule has 5 nitrogen and oxygen atoms in total. The normalized spacial score (nSPS) is 10.1. The highest BCUT2D eigenvalue weighted by atomic mass is 32.1. The van der Waals surface area contributed by atoms with Gasteiger partial charge in [0.05, 0.1) is 0 Å². The molecule has 0 aliphatic heterocycles. The fourth-order valence-electron chi connectivity index (χ4n) is 2.17. The number of hydrogen-bond acceptors (Lipinski definition) is 4. The van der Waals surface area contributed by atoms with Gasteiger partial charge < -0.3 is 14.6 Å². The Balaban J connectivity index is 2.12. The van der Waals surface area contributed by atoms with Crippen LogP contribution in [0.25, 0.3) is 0 Å². The molecule has 0 radical (unpaired) electrons. The fourth-order valence-corrected chi connectivity index (χ4v) is 2.48. The van der Waals surface area contributed by atoms with Gasteiger partial charge in [-0.2, -0.15) is 5.26 Å². The predicted octanol–water partition coefficient (Wildman–Crippen LogP) is 3.74. The number of aromatic nitrogens is 1. The van der Waals surface area contributed by atoms with Crippen molar-refractivity contribution in [1.82, 2.24) is 9.88 Å². The average molecular weight is 341 g/mol. The summed E-state index contributed by atoms with van der Waals surface area (Å²) in [6, 6.07) is 11.3. The molecule has 2 aromatic rings. The largest absolute Gasteiger partial charge is 0.456 e. The number of aryl methyl sites for hydroxylation is 2. The Kier molecular flexibility index (Phi) is 5.72. The van der Waals surface area contributed by atoms with Gasteiger partial charge in [-0.25, -0.2) is 0 Å². The lowest BCUT2D eigenvalue weighted by molar-refractivity contribution is -0.128. The molecule has 1 aromatic carbocycles. The number of carbonyl (C=O) groups excluding carboxylic acids is 1. The molecule has 124 valence electrons. The zero-order valence-corrected chi connectivity index (χ0v) is 14.7. The minimum atomic E-state index is 0.1000. The summed E-state index contributed by atoms with van der Waals surface area (Å²) in [5.41, 5.74) is 2.20. The van der Waals surface area contributed by atoms with Crippen LogP contribution in [0.15, 0.2) is 30.3 Å². The van der Waals surface area contributed by atoms with E-state index in [1.54, 1.807) is 25.1 Å². The molecule has 2 rings (SSSR count). The molecule has 0 atom stereocenters. The van der Waals surface area contributed by atoms with Gasteiger partial charge in [0.2, 0.25) is 5.91 Å². The summed E-state index contributed by atoms with van der Waals surface area (Å²) in [6.45, 7) is 1.86. The molecule has 0 aliphatic rings. The second-order valence-electron chi connectivity index (χ2n) is 5.67. The van der Waals surface area contributed by atoms with Crippen molar-refractivity contribution in [3.8, 4) is 17.6 Å². The van der Waals surface area contributed by atoms with Gasteiger partial charge in [0, 0.05) is 32.3 Å². The van der Waals surface area contributed by atoms with Crippen molar-refractivity contribution in [3.05, 3.63) is 51.8 Å². The molecule has 1 aromatic heterocycles. The lowest BCUT2D eigenvalue weighted by Gasteiger charge is -2.11. The standard InChI is InChI=1S/C18H19N3O2S/c1-12-10-16(15(11-19)18(24)20-12)23-14-7-4-13(5-8-14)6-9-17(22)21(2)3/h4-5,7-8,10H,6,9H2,1-3H3,(H,20,24). The molecule has 0 spiro atoms. The maximum atomic E-state index is 11.6. The summed E-state index contributed by atoms with van der Waals surface area (Å²) >= 11 is 5.15. The van der Waals surface area contributed by atoms with Gasteiger partial charge in [0.25, 0.3) is 0 Å². The van der Waals surface area contributed by atoms with E-state index in [9.17, 15) is 10.1 Å². The molecule has 1 amide bonds. The van der Waals surface area contributed by atoms with Crippen LogP contribution in [-0.2, 0) is 11.2 Å². The Hall–Kier alpha value is -2.65. The monoisotopic (exact) mass is 341 g/mol. The Morgan fingerprint density at radius 2 is 2.00 bits per heavy atom. The maximum Gasteiger partial charge on any atom is 0.222 e. The molecule has 1 N–H and O–H groups in total. The van der Waals surface area contributed by atoms with Crippen LogP contribution in [0.3, 0.4) is 0 Å². The number of pyridine rings is 1. The van der Waals surface area contributed by atoms with Crippen LogP contribution in [0.5, 0.6) is 11.5 Å². The molecule has 24 heavy (non-hydrogen) atoms. The quantitative estimate of drug-likeness (QED) is 0.841. The first kappa shape index (κ1) is 17.7. The number of ether oxygens (including phenoxy) is 1. The zero-order valence-electron chi connectivity index (χ0n) is 13.9. The number of amides is 1. The summed E-state index contributed by atoms with van der Waals surface area (Å²) in [6.07, 6.45) is 1.15. The van der Waals surface area contributed by atoms with Crippen molar-refractivity contribution in [3.63, 3.8) is 0 Å². The van der Waals surface area contributed by atoms with E-state index in [-0.39, 0.29) is 5.91 Å². The second-order valence-corrected chi connectivity index (χ2v) is 6.07. The van der Waals surface area contributed by atoms with Crippen molar-refractivity contribution in [2.24, 2.45) is 0 Å². The molecule has 0 aliphatic carbocycles. The summed E-state index contributed by atoms with van der Waals surface area (Å²) in [4.78, 5) is 16.1. The number of H-pyrrole nitrogens is 1. The molecule has 0 unspecified atom stereocenters. The zero-order chi connectivity index (χ0) is 17.7. The van der Waals surface area contributed by atoms with Crippen molar-refractivity contribution in [2.45, 2.75) is 19.8 Å². The van der Waals surface area contributed by atoms with Crippen molar-refractivity contribution in [2.75, 3.05) is 14.1 Å². The first-order valence-electron chi connectivity index (χ1n) is 7.51. The number of nitriles is 1. The van der Waals surface area contributed by atoms with E-state index in [2.05, 4.69) is 11.1 Å². The molecule has 0 saturated carbocycles. The number of rotatable bonds is 5. The van der Waals surface area contributed by atoms with Crippen LogP contribution < -0.4 is 4.74 Å². The van der Waals surface area contributed by atoms with E-state index >= 15 is 0 Å². The third kappa shape index (κ3) is 4.43. The number of nitrogens with one attached hydrogen (secondary N) is 1. The Morgan fingerprint density at radius 1 is 1.33 bits per heavy atom. The van der Waals surface area contributed by atoms with E-state index < -0.39 is 0 Å². The van der Waals surface area contributed by atoms with Gasteiger partial charge in [0.1, 0.15) is 27.8 Å². The molecule has 0 saturated heterocycles. The fraction of sp³-hybridized carbons (Fsp3) is 0.278. The van der Waals surface area contributed by atoms with Crippen molar-refractivity contribution >= 4 is 18.1 Å². The number of carbonyl (C=O) groups is 1. The van der Waals surface area contributed by atoms with E-state index in [4.69, 9.17) is 17.0 Å². The van der Waals surface area contributed by atoms with Crippen molar-refractivity contribution < 1.29 is 9.53 Å². The summed E-state index contributed by atoms with van der Waals surface area (Å²) < 4.78 is 6.16. The first-order chi connectivity index (χ1) is 11.4. The maximum absolute atomic E-state index is 11.6. The minimum absolute atomic E-state index is 0.1000. The lowest BCUT2D eigenvalue weighted by Crippen LogP contribution is -2.21. The van der Waals surface area contributed by atoms with Crippen LogP contribution >= 0.6 is 12.2 Å². The smallest absolute Gasteiger partial charge is 0.222 e. The average Bonchev–Trinajstić information content (AvgIpc) is 2.53. The summed E-state index contributed by atoms with van der Waals surface area (Å²) in [5.74, 6) is 1.16. The van der Waals surface area contributed by atoms with E-state index in [1.165, 1.54) is 0 Å². The lowest BCUT2D eigenvalue weighted by atomic mass is 10.1. The van der Waals surface area contributed by atoms with E-state index in [0.29, 0.717) is 34.5 Å². The number of benzene rings is 1. The first-order valence-corrected chi connectivity index (χ1v) is 7.92. The van der Waals surface area contributed by atoms with Gasteiger partial charge >= 0.3 is 0 Å². The molecule has 0 fully saturated rings.